The SMILES string of the molecule is CSCCCC(=O)Nc1ccc(N)cc1C. The number of nitrogens with one attached hydrogen (secondary N) is 1. The first-order chi connectivity index (χ1) is 7.63. The van der Waals surface area contributed by atoms with Gasteiger partial charge in [-0.05, 0) is 49.1 Å². The lowest BCUT2D eigenvalue weighted by atomic mass is 10.1. The molecule has 1 amide bonds. The molecule has 0 aliphatic heterocycles. The third kappa shape index (κ3) is 4.14. The number of carbonyl (C=O) groups is 1. The van der Waals surface area contributed by atoms with Gasteiger partial charge in [0.05, 0.1) is 0 Å². The summed E-state index contributed by atoms with van der Waals surface area (Å²) < 4.78 is 0. The van der Waals surface area contributed by atoms with Crippen LogP contribution in [0.3, 0.4) is 0 Å². The molecule has 0 heterocycles. The van der Waals surface area contributed by atoms with Gasteiger partial charge in [-0.25, -0.2) is 0 Å². The summed E-state index contributed by atoms with van der Waals surface area (Å²) in [5.41, 5.74) is 8.21. The molecule has 0 saturated carbocycles. The van der Waals surface area contributed by atoms with Crippen LogP contribution in [0, 0.1) is 6.92 Å². The normalized spacial score (nSPS) is 10.1. The van der Waals surface area contributed by atoms with Crippen LogP contribution in [0.5, 0.6) is 0 Å². The Morgan fingerprint density at radius 2 is 2.25 bits per heavy atom. The molecule has 0 atom stereocenters. The topological polar surface area (TPSA) is 55.1 Å². The molecule has 4 heteroatoms. The first-order valence-corrected chi connectivity index (χ1v) is 6.68. The number of nitrogen functional groups attached to an aromatic ring is 1. The Kier molecular flexibility index (Phi) is 5.19. The van der Waals surface area contributed by atoms with Crippen molar-refractivity contribution in [1.82, 2.24) is 0 Å². The molecule has 0 bridgehead atoms. The largest absolute Gasteiger partial charge is 0.399 e. The van der Waals surface area contributed by atoms with Gasteiger partial charge in [0.1, 0.15) is 0 Å². The van der Waals surface area contributed by atoms with E-state index in [1.54, 1.807) is 17.8 Å². The molecule has 0 aromatic heterocycles. The number of hydrogen-bond acceptors (Lipinski definition) is 3. The van der Waals surface area contributed by atoms with Crippen LogP contribution >= 0.6 is 11.8 Å². The maximum Gasteiger partial charge on any atom is 0.224 e. The standard InChI is InChI=1S/C12H18N2OS/c1-9-8-10(13)5-6-11(9)14-12(15)4-3-7-16-2/h5-6,8H,3-4,7,13H2,1-2H3,(H,14,15). The molecule has 0 radical (unpaired) electrons. The molecule has 0 spiro atoms. The van der Waals surface area contributed by atoms with E-state index in [1.165, 1.54) is 0 Å². The minimum Gasteiger partial charge on any atom is -0.399 e. The van der Waals surface area contributed by atoms with E-state index in [1.807, 2.05) is 25.3 Å². The van der Waals surface area contributed by atoms with E-state index < -0.39 is 0 Å². The summed E-state index contributed by atoms with van der Waals surface area (Å²) in [6.07, 6.45) is 3.54. The summed E-state index contributed by atoms with van der Waals surface area (Å²) in [5.74, 6) is 1.09. The highest BCUT2D eigenvalue weighted by atomic mass is 32.2. The van der Waals surface area contributed by atoms with Crippen molar-refractivity contribution in [2.75, 3.05) is 23.1 Å². The lowest BCUT2D eigenvalue weighted by Crippen LogP contribution is -2.12. The zero-order valence-electron chi connectivity index (χ0n) is 9.75. The molecule has 0 fully saturated rings. The average Bonchev–Trinajstić information content (AvgIpc) is 2.23. The summed E-state index contributed by atoms with van der Waals surface area (Å²) in [7, 11) is 0. The van der Waals surface area contributed by atoms with Crippen molar-refractivity contribution in [3.63, 3.8) is 0 Å². The van der Waals surface area contributed by atoms with Gasteiger partial charge in [0.25, 0.3) is 0 Å². The van der Waals surface area contributed by atoms with E-state index in [2.05, 4.69) is 5.32 Å². The summed E-state index contributed by atoms with van der Waals surface area (Å²) >= 11 is 1.76. The highest BCUT2D eigenvalue weighted by molar-refractivity contribution is 7.98. The van der Waals surface area contributed by atoms with Crippen LogP contribution in [0.4, 0.5) is 11.4 Å². The second-order valence-corrected chi connectivity index (χ2v) is 4.70. The lowest BCUT2D eigenvalue weighted by molar-refractivity contribution is -0.116. The van der Waals surface area contributed by atoms with Crippen molar-refractivity contribution in [1.29, 1.82) is 0 Å². The van der Waals surface area contributed by atoms with Crippen molar-refractivity contribution in [2.24, 2.45) is 0 Å². The number of hydrogen-bond donors (Lipinski definition) is 2. The van der Waals surface area contributed by atoms with Crippen LogP contribution in [0.2, 0.25) is 0 Å². The third-order valence-corrected chi connectivity index (χ3v) is 2.97. The fourth-order valence-electron chi connectivity index (χ4n) is 1.42. The number of benzene rings is 1. The fourth-order valence-corrected chi connectivity index (χ4v) is 1.85. The highest BCUT2D eigenvalue weighted by Gasteiger charge is 2.04. The van der Waals surface area contributed by atoms with Gasteiger partial charge in [0.15, 0.2) is 0 Å². The predicted molar refractivity (Wildman–Crippen MR) is 71.8 cm³/mol. The Labute approximate surface area is 101 Å². The first-order valence-electron chi connectivity index (χ1n) is 5.28. The van der Waals surface area contributed by atoms with E-state index in [0.717, 1.165) is 29.1 Å². The minimum absolute atomic E-state index is 0.0712. The maximum absolute atomic E-state index is 11.6. The van der Waals surface area contributed by atoms with Crippen molar-refractivity contribution >= 4 is 29.0 Å². The van der Waals surface area contributed by atoms with Crippen molar-refractivity contribution in [3.8, 4) is 0 Å². The number of rotatable bonds is 5. The second-order valence-electron chi connectivity index (χ2n) is 3.72. The maximum atomic E-state index is 11.6. The van der Waals surface area contributed by atoms with Gasteiger partial charge < -0.3 is 11.1 Å². The molecule has 88 valence electrons. The fraction of sp³-hybridized carbons (Fsp3) is 0.417. The van der Waals surface area contributed by atoms with Gasteiger partial charge in [0, 0.05) is 17.8 Å². The Balaban J connectivity index is 2.49. The molecule has 1 aromatic carbocycles. The molecular formula is C12H18N2OS. The smallest absolute Gasteiger partial charge is 0.224 e. The number of carbonyl (C=O) groups excluding carboxylic acids is 1. The zero-order chi connectivity index (χ0) is 12.0. The molecule has 0 aliphatic rings. The van der Waals surface area contributed by atoms with Gasteiger partial charge in [-0.15, -0.1) is 0 Å². The summed E-state index contributed by atoms with van der Waals surface area (Å²) in [5, 5.41) is 2.89. The zero-order valence-corrected chi connectivity index (χ0v) is 10.6. The average molecular weight is 238 g/mol. The minimum atomic E-state index is 0.0712. The lowest BCUT2D eigenvalue weighted by Gasteiger charge is -2.08. The van der Waals surface area contributed by atoms with Crippen molar-refractivity contribution in [3.05, 3.63) is 23.8 Å². The van der Waals surface area contributed by atoms with Gasteiger partial charge in [-0.2, -0.15) is 11.8 Å². The number of thioether (sulfide) groups is 1. The first kappa shape index (κ1) is 12.9. The van der Waals surface area contributed by atoms with E-state index in [-0.39, 0.29) is 5.91 Å². The number of amides is 1. The third-order valence-electron chi connectivity index (χ3n) is 2.28. The molecule has 0 saturated heterocycles. The quantitative estimate of drug-likeness (QED) is 0.612. The van der Waals surface area contributed by atoms with Gasteiger partial charge in [0.2, 0.25) is 5.91 Å². The Bertz CT molecular complexity index is 366. The van der Waals surface area contributed by atoms with Gasteiger partial charge in [-0.1, -0.05) is 0 Å². The van der Waals surface area contributed by atoms with E-state index >= 15 is 0 Å². The number of nitrogens with two attached hydrogens (primary N) is 1. The van der Waals surface area contributed by atoms with Crippen molar-refractivity contribution < 1.29 is 4.79 Å². The van der Waals surface area contributed by atoms with E-state index in [4.69, 9.17) is 5.73 Å². The van der Waals surface area contributed by atoms with Crippen LogP contribution in [0.15, 0.2) is 18.2 Å². The number of aryl methyl sites for hydroxylation is 1. The monoisotopic (exact) mass is 238 g/mol. The van der Waals surface area contributed by atoms with Crippen LogP contribution < -0.4 is 11.1 Å². The van der Waals surface area contributed by atoms with Crippen LogP contribution in [-0.4, -0.2) is 17.9 Å². The van der Waals surface area contributed by atoms with E-state index in [9.17, 15) is 4.79 Å². The van der Waals surface area contributed by atoms with Gasteiger partial charge >= 0.3 is 0 Å². The molecule has 3 nitrogen and oxygen atoms in total. The van der Waals surface area contributed by atoms with Gasteiger partial charge in [-0.3, -0.25) is 4.79 Å². The summed E-state index contributed by atoms with van der Waals surface area (Å²) in [4.78, 5) is 11.6. The Morgan fingerprint density at radius 3 is 2.88 bits per heavy atom. The highest BCUT2D eigenvalue weighted by Crippen LogP contribution is 2.17. The summed E-state index contributed by atoms with van der Waals surface area (Å²) in [6, 6.07) is 5.50. The molecule has 3 N–H and O–H groups in total. The van der Waals surface area contributed by atoms with Crippen LogP contribution in [-0.2, 0) is 4.79 Å². The van der Waals surface area contributed by atoms with Crippen molar-refractivity contribution in [2.45, 2.75) is 19.8 Å². The van der Waals surface area contributed by atoms with E-state index in [0.29, 0.717) is 6.42 Å². The molecule has 1 rings (SSSR count). The predicted octanol–water partition coefficient (Wildman–Crippen LogP) is 2.66. The molecule has 0 aliphatic carbocycles. The Morgan fingerprint density at radius 1 is 1.50 bits per heavy atom. The number of anilines is 2. The molecule has 1 aromatic rings. The summed E-state index contributed by atoms with van der Waals surface area (Å²) in [6.45, 7) is 1.94. The molecule has 0 unspecified atom stereocenters. The Hall–Kier alpha value is -1.16. The second kappa shape index (κ2) is 6.43. The van der Waals surface area contributed by atoms with Crippen LogP contribution in [0.25, 0.3) is 0 Å². The van der Waals surface area contributed by atoms with Crippen LogP contribution in [0.1, 0.15) is 18.4 Å². The molecule has 16 heavy (non-hydrogen) atoms. The molecular weight excluding hydrogens is 220 g/mol.